The molecule has 1 N–H and O–H groups in total. The van der Waals surface area contributed by atoms with Gasteiger partial charge in [-0.05, 0) is 43.5 Å². The van der Waals surface area contributed by atoms with E-state index < -0.39 is 5.97 Å². The fourth-order valence-electron chi connectivity index (χ4n) is 2.23. The molecule has 0 aliphatic carbocycles. The van der Waals surface area contributed by atoms with Crippen LogP contribution in [0.2, 0.25) is 0 Å². The van der Waals surface area contributed by atoms with Crippen LogP contribution in [0.3, 0.4) is 0 Å². The Balaban J connectivity index is 1.88. The van der Waals surface area contributed by atoms with E-state index in [0.717, 1.165) is 25.9 Å². The molecule has 0 unspecified atom stereocenters. The lowest BCUT2D eigenvalue weighted by atomic mass is 9.90. The Bertz CT molecular complexity index is 345. The van der Waals surface area contributed by atoms with Crippen LogP contribution in [0.25, 0.3) is 0 Å². The lowest BCUT2D eigenvalue weighted by Crippen LogP contribution is -2.36. The summed E-state index contributed by atoms with van der Waals surface area (Å²) >= 11 is 0. The van der Waals surface area contributed by atoms with Gasteiger partial charge in [-0.15, -0.1) is 0 Å². The second-order valence-corrected chi connectivity index (χ2v) is 4.23. The van der Waals surface area contributed by atoms with E-state index >= 15 is 0 Å². The van der Waals surface area contributed by atoms with Crippen molar-refractivity contribution in [3.8, 4) is 0 Å². The summed E-state index contributed by atoms with van der Waals surface area (Å²) in [7, 11) is 0. The van der Waals surface area contributed by atoms with Crippen LogP contribution in [0.15, 0.2) is 24.5 Å². The van der Waals surface area contributed by atoms with Gasteiger partial charge in [-0.3, -0.25) is 14.7 Å². The van der Waals surface area contributed by atoms with Gasteiger partial charge in [-0.2, -0.15) is 0 Å². The molecule has 2 heterocycles. The van der Waals surface area contributed by atoms with Gasteiger partial charge in [0.1, 0.15) is 0 Å². The Hall–Kier alpha value is -1.42. The largest absolute Gasteiger partial charge is 0.480 e. The van der Waals surface area contributed by atoms with Crippen LogP contribution < -0.4 is 0 Å². The molecule has 2 rings (SSSR count). The number of hydrogen-bond donors (Lipinski definition) is 1. The van der Waals surface area contributed by atoms with Crippen LogP contribution in [0.5, 0.6) is 0 Å². The number of aromatic nitrogens is 1. The minimum atomic E-state index is -0.736. The summed E-state index contributed by atoms with van der Waals surface area (Å²) in [6, 6.07) is 4.06. The predicted octanol–water partition coefficient (Wildman–Crippen LogP) is 1.35. The molecule has 0 saturated carbocycles. The van der Waals surface area contributed by atoms with Gasteiger partial charge in [0, 0.05) is 12.4 Å². The SMILES string of the molecule is O=C(O)CN1CCC(c2cccnc2)CC1. The standard InChI is InChI=1S/C12H16N2O2/c15-12(16)9-14-6-3-10(4-7-14)11-2-1-5-13-8-11/h1-2,5,8,10H,3-4,6-7,9H2,(H,15,16). The van der Waals surface area contributed by atoms with E-state index in [1.54, 1.807) is 6.20 Å². The molecule has 1 aromatic rings. The highest BCUT2D eigenvalue weighted by atomic mass is 16.4. The number of nitrogens with zero attached hydrogens (tertiary/aromatic N) is 2. The van der Waals surface area contributed by atoms with Crippen LogP contribution >= 0.6 is 0 Å². The highest BCUT2D eigenvalue weighted by molar-refractivity contribution is 5.69. The number of piperidine rings is 1. The Morgan fingerprint density at radius 1 is 1.50 bits per heavy atom. The maximum Gasteiger partial charge on any atom is 0.317 e. The number of carbonyl (C=O) groups is 1. The van der Waals surface area contributed by atoms with E-state index in [0.29, 0.717) is 5.92 Å². The average molecular weight is 220 g/mol. The van der Waals surface area contributed by atoms with Crippen LogP contribution in [-0.2, 0) is 4.79 Å². The number of carboxylic acid groups (broad SMARTS) is 1. The van der Waals surface area contributed by atoms with Crippen LogP contribution in [0, 0.1) is 0 Å². The molecule has 0 spiro atoms. The van der Waals surface area contributed by atoms with Crippen molar-refractivity contribution in [3.05, 3.63) is 30.1 Å². The van der Waals surface area contributed by atoms with Crippen molar-refractivity contribution in [2.45, 2.75) is 18.8 Å². The molecule has 16 heavy (non-hydrogen) atoms. The summed E-state index contributed by atoms with van der Waals surface area (Å²) in [6.45, 7) is 1.90. The average Bonchev–Trinajstić information content (AvgIpc) is 2.30. The molecule has 1 saturated heterocycles. The monoisotopic (exact) mass is 220 g/mol. The first-order chi connectivity index (χ1) is 7.75. The third-order valence-corrected chi connectivity index (χ3v) is 3.10. The molecule has 4 nitrogen and oxygen atoms in total. The van der Waals surface area contributed by atoms with Crippen molar-refractivity contribution in [2.24, 2.45) is 0 Å². The second-order valence-electron chi connectivity index (χ2n) is 4.23. The minimum absolute atomic E-state index is 0.166. The smallest absolute Gasteiger partial charge is 0.317 e. The van der Waals surface area contributed by atoms with E-state index in [2.05, 4.69) is 11.1 Å². The lowest BCUT2D eigenvalue weighted by molar-refractivity contribution is -0.138. The van der Waals surface area contributed by atoms with Crippen LogP contribution in [0.1, 0.15) is 24.3 Å². The Morgan fingerprint density at radius 2 is 2.25 bits per heavy atom. The third kappa shape index (κ3) is 2.79. The van der Waals surface area contributed by atoms with E-state index in [4.69, 9.17) is 5.11 Å². The highest BCUT2D eigenvalue weighted by Gasteiger charge is 2.21. The summed E-state index contributed by atoms with van der Waals surface area (Å²) < 4.78 is 0. The summed E-state index contributed by atoms with van der Waals surface area (Å²) in [4.78, 5) is 16.7. The first kappa shape index (κ1) is 11.1. The van der Waals surface area contributed by atoms with Crippen molar-refractivity contribution in [2.75, 3.05) is 19.6 Å². The Labute approximate surface area is 94.9 Å². The molecular weight excluding hydrogens is 204 g/mol. The van der Waals surface area contributed by atoms with Gasteiger partial charge in [0.05, 0.1) is 6.54 Å². The van der Waals surface area contributed by atoms with Gasteiger partial charge in [-0.1, -0.05) is 6.07 Å². The van der Waals surface area contributed by atoms with Crippen molar-refractivity contribution >= 4 is 5.97 Å². The fourth-order valence-corrected chi connectivity index (χ4v) is 2.23. The van der Waals surface area contributed by atoms with Gasteiger partial charge in [0.2, 0.25) is 0 Å². The maximum absolute atomic E-state index is 10.6. The topological polar surface area (TPSA) is 53.4 Å². The Kier molecular flexibility index (Phi) is 3.51. The molecule has 1 fully saturated rings. The number of aliphatic carboxylic acids is 1. The third-order valence-electron chi connectivity index (χ3n) is 3.10. The van der Waals surface area contributed by atoms with Gasteiger partial charge in [0.25, 0.3) is 0 Å². The number of rotatable bonds is 3. The summed E-state index contributed by atoms with van der Waals surface area (Å²) in [5.41, 5.74) is 1.28. The van der Waals surface area contributed by atoms with Crippen LogP contribution in [0.4, 0.5) is 0 Å². The molecule has 0 aromatic carbocycles. The van der Waals surface area contributed by atoms with Crippen LogP contribution in [-0.4, -0.2) is 40.6 Å². The molecule has 1 aliphatic heterocycles. The van der Waals surface area contributed by atoms with Crippen molar-refractivity contribution in [3.63, 3.8) is 0 Å². The van der Waals surface area contributed by atoms with Crippen molar-refractivity contribution in [1.82, 2.24) is 9.88 Å². The molecule has 1 aliphatic rings. The van der Waals surface area contributed by atoms with Gasteiger partial charge in [-0.25, -0.2) is 0 Å². The fraction of sp³-hybridized carbons (Fsp3) is 0.500. The molecular formula is C12H16N2O2. The molecule has 86 valence electrons. The molecule has 0 radical (unpaired) electrons. The van der Waals surface area contributed by atoms with Gasteiger partial charge in [0.15, 0.2) is 0 Å². The zero-order valence-corrected chi connectivity index (χ0v) is 9.17. The molecule has 4 heteroatoms. The first-order valence-corrected chi connectivity index (χ1v) is 5.60. The number of carboxylic acids is 1. The van der Waals surface area contributed by atoms with E-state index in [1.807, 2.05) is 17.2 Å². The summed E-state index contributed by atoms with van der Waals surface area (Å²) in [6.07, 6.45) is 5.75. The van der Waals surface area contributed by atoms with Crippen molar-refractivity contribution in [1.29, 1.82) is 0 Å². The van der Waals surface area contributed by atoms with Crippen molar-refractivity contribution < 1.29 is 9.90 Å². The highest BCUT2D eigenvalue weighted by Crippen LogP contribution is 2.26. The number of hydrogen-bond acceptors (Lipinski definition) is 3. The number of pyridine rings is 1. The van der Waals surface area contributed by atoms with E-state index in [-0.39, 0.29) is 6.54 Å². The molecule has 0 bridgehead atoms. The minimum Gasteiger partial charge on any atom is -0.480 e. The normalized spacial score (nSPS) is 18.5. The second kappa shape index (κ2) is 5.07. The maximum atomic E-state index is 10.6. The van der Waals surface area contributed by atoms with E-state index in [1.165, 1.54) is 5.56 Å². The first-order valence-electron chi connectivity index (χ1n) is 5.60. The van der Waals surface area contributed by atoms with E-state index in [9.17, 15) is 4.79 Å². The lowest BCUT2D eigenvalue weighted by Gasteiger charge is -2.30. The van der Waals surface area contributed by atoms with Gasteiger partial charge >= 0.3 is 5.97 Å². The molecule has 0 atom stereocenters. The van der Waals surface area contributed by atoms with Gasteiger partial charge < -0.3 is 5.11 Å². The molecule has 1 aromatic heterocycles. The Morgan fingerprint density at radius 3 is 2.81 bits per heavy atom. The predicted molar refractivity (Wildman–Crippen MR) is 60.3 cm³/mol. The molecule has 0 amide bonds. The zero-order valence-electron chi connectivity index (χ0n) is 9.17. The zero-order chi connectivity index (χ0) is 11.4. The summed E-state index contributed by atoms with van der Waals surface area (Å²) in [5.74, 6) is -0.196. The quantitative estimate of drug-likeness (QED) is 0.835. The summed E-state index contributed by atoms with van der Waals surface area (Å²) in [5, 5.41) is 8.70. The number of likely N-dealkylation sites (tertiary alicyclic amines) is 1.